The minimum atomic E-state index is -0.821. The van der Waals surface area contributed by atoms with Crippen molar-refractivity contribution in [2.75, 3.05) is 5.32 Å². The predicted octanol–water partition coefficient (Wildman–Crippen LogP) is 2.70. The van der Waals surface area contributed by atoms with E-state index in [9.17, 15) is 4.39 Å². The third-order valence-electron chi connectivity index (χ3n) is 3.08. The summed E-state index contributed by atoms with van der Waals surface area (Å²) in [4.78, 5) is 8.64. The van der Waals surface area contributed by atoms with Crippen molar-refractivity contribution in [2.24, 2.45) is 11.5 Å². The second-order valence-corrected chi connectivity index (χ2v) is 5.14. The van der Waals surface area contributed by atoms with Gasteiger partial charge in [0.25, 0.3) is 0 Å². The molecule has 0 aliphatic heterocycles. The summed E-state index contributed by atoms with van der Waals surface area (Å²) in [5.74, 6) is -0.159. The average molecular weight is 318 g/mol. The highest BCUT2D eigenvalue weighted by molar-refractivity contribution is 6.31. The third-order valence-corrected chi connectivity index (χ3v) is 3.32. The van der Waals surface area contributed by atoms with E-state index < -0.39 is 6.29 Å². The molecule has 0 aliphatic carbocycles. The van der Waals surface area contributed by atoms with Gasteiger partial charge in [-0.2, -0.15) is 0 Å². The van der Waals surface area contributed by atoms with Crippen LogP contribution in [0.5, 0.6) is 0 Å². The zero-order valence-electron chi connectivity index (χ0n) is 11.4. The normalized spacial score (nSPS) is 11.1. The summed E-state index contributed by atoms with van der Waals surface area (Å²) in [6.07, 6.45) is -0.821. The van der Waals surface area contributed by atoms with Gasteiger partial charge in [0.1, 0.15) is 12.1 Å². The Bertz CT molecular complexity index is 837. The predicted molar refractivity (Wildman–Crippen MR) is 85.7 cm³/mol. The lowest BCUT2D eigenvalue weighted by Crippen LogP contribution is -2.39. The summed E-state index contributed by atoms with van der Waals surface area (Å²) in [6, 6.07) is 11.5. The van der Waals surface area contributed by atoms with E-state index in [2.05, 4.69) is 15.3 Å². The maximum atomic E-state index is 14.1. The van der Waals surface area contributed by atoms with Crippen LogP contribution in [0, 0.1) is 5.82 Å². The van der Waals surface area contributed by atoms with Gasteiger partial charge in [0, 0.05) is 16.0 Å². The number of aromatic nitrogens is 2. The van der Waals surface area contributed by atoms with Crippen LogP contribution in [0.3, 0.4) is 0 Å². The van der Waals surface area contributed by atoms with E-state index in [-0.39, 0.29) is 11.8 Å². The number of nitrogens with one attached hydrogen (secondary N) is 1. The number of hydrogen-bond donors (Lipinski definition) is 3. The van der Waals surface area contributed by atoms with Crippen LogP contribution < -0.4 is 16.8 Å². The molecule has 0 saturated carbocycles. The molecule has 3 aromatic rings. The van der Waals surface area contributed by atoms with Crippen molar-refractivity contribution in [3.63, 3.8) is 0 Å². The molecule has 5 nitrogen and oxygen atoms in total. The van der Waals surface area contributed by atoms with E-state index >= 15 is 0 Å². The molecule has 5 N–H and O–H groups in total. The third kappa shape index (κ3) is 2.85. The summed E-state index contributed by atoms with van der Waals surface area (Å²) >= 11 is 6.04. The quantitative estimate of drug-likeness (QED) is 0.646. The molecule has 0 bridgehead atoms. The van der Waals surface area contributed by atoms with E-state index in [1.165, 1.54) is 6.07 Å². The Hall–Kier alpha value is -2.28. The highest BCUT2D eigenvalue weighted by Crippen LogP contribution is 2.30. The van der Waals surface area contributed by atoms with Crippen molar-refractivity contribution in [2.45, 2.75) is 6.29 Å². The van der Waals surface area contributed by atoms with Crippen LogP contribution >= 0.6 is 11.6 Å². The van der Waals surface area contributed by atoms with Gasteiger partial charge in [0.2, 0.25) is 5.95 Å². The number of rotatable bonds is 3. The smallest absolute Gasteiger partial charge is 0.226 e. The number of anilines is 1. The lowest BCUT2D eigenvalue weighted by atomic mass is 10.1. The number of hydrogen-bond acceptors (Lipinski definition) is 5. The number of benzene rings is 2. The Morgan fingerprint density at radius 1 is 1.09 bits per heavy atom. The molecule has 0 fully saturated rings. The molecule has 112 valence electrons. The standard InChI is InChI=1S/C15H13ClFN5/c16-8-5-6-12-10(7-8)13(9-3-1-2-4-11(9)17)21-15(20-12)22-14(18)19/h1-7,14H,18-19H2,(H,20,21,22). The molecule has 1 heterocycles. The molecule has 1 aromatic heterocycles. The molecule has 0 atom stereocenters. The Morgan fingerprint density at radius 3 is 2.59 bits per heavy atom. The number of halogens is 2. The summed E-state index contributed by atoms with van der Waals surface area (Å²) in [5.41, 5.74) is 12.4. The van der Waals surface area contributed by atoms with Crippen LogP contribution in [0.25, 0.3) is 22.2 Å². The molecule has 0 saturated heterocycles. The lowest BCUT2D eigenvalue weighted by molar-refractivity contribution is 0.631. The fraction of sp³-hybridized carbons (Fsp3) is 0.0667. The highest BCUT2D eigenvalue weighted by Gasteiger charge is 2.14. The molecule has 0 radical (unpaired) electrons. The maximum absolute atomic E-state index is 14.1. The second kappa shape index (κ2) is 5.84. The van der Waals surface area contributed by atoms with Gasteiger partial charge in [-0.15, -0.1) is 0 Å². The monoisotopic (exact) mass is 317 g/mol. The summed E-state index contributed by atoms with van der Waals surface area (Å²) in [6.45, 7) is 0. The average Bonchev–Trinajstić information content (AvgIpc) is 2.47. The summed E-state index contributed by atoms with van der Waals surface area (Å²) in [7, 11) is 0. The van der Waals surface area contributed by atoms with Crippen LogP contribution in [0.4, 0.5) is 10.3 Å². The largest absolute Gasteiger partial charge is 0.327 e. The maximum Gasteiger partial charge on any atom is 0.226 e. The van der Waals surface area contributed by atoms with E-state index in [1.54, 1.807) is 36.4 Å². The molecule has 0 amide bonds. The van der Waals surface area contributed by atoms with Crippen molar-refractivity contribution < 1.29 is 4.39 Å². The van der Waals surface area contributed by atoms with E-state index in [4.69, 9.17) is 23.1 Å². The van der Waals surface area contributed by atoms with Gasteiger partial charge in [0.15, 0.2) is 0 Å². The van der Waals surface area contributed by atoms with Crippen molar-refractivity contribution in [1.82, 2.24) is 9.97 Å². The van der Waals surface area contributed by atoms with Gasteiger partial charge in [-0.25, -0.2) is 14.4 Å². The highest BCUT2D eigenvalue weighted by atomic mass is 35.5. The molecule has 3 rings (SSSR count). The molecule has 0 spiro atoms. The van der Waals surface area contributed by atoms with E-state index in [0.29, 0.717) is 27.2 Å². The first-order valence-electron chi connectivity index (χ1n) is 6.54. The first-order chi connectivity index (χ1) is 10.5. The number of fused-ring (bicyclic) bond motifs is 1. The molecule has 0 aliphatic rings. The Balaban J connectivity index is 2.30. The van der Waals surface area contributed by atoms with Crippen molar-refractivity contribution in [3.05, 3.63) is 53.3 Å². The van der Waals surface area contributed by atoms with Crippen LogP contribution in [-0.2, 0) is 0 Å². The number of nitrogens with zero attached hydrogens (tertiary/aromatic N) is 2. The zero-order chi connectivity index (χ0) is 15.7. The van der Waals surface area contributed by atoms with Crippen LogP contribution in [0.15, 0.2) is 42.5 Å². The van der Waals surface area contributed by atoms with Gasteiger partial charge in [-0.05, 0) is 30.3 Å². The van der Waals surface area contributed by atoms with Crippen molar-refractivity contribution >= 4 is 28.5 Å². The minimum absolute atomic E-state index is 0.225. The second-order valence-electron chi connectivity index (χ2n) is 4.71. The molecular formula is C15H13ClFN5. The molecule has 22 heavy (non-hydrogen) atoms. The van der Waals surface area contributed by atoms with Crippen LogP contribution in [0.1, 0.15) is 0 Å². The van der Waals surface area contributed by atoms with E-state index in [0.717, 1.165) is 0 Å². The lowest BCUT2D eigenvalue weighted by Gasteiger charge is -2.12. The van der Waals surface area contributed by atoms with Gasteiger partial charge in [-0.3, -0.25) is 11.5 Å². The van der Waals surface area contributed by atoms with Crippen molar-refractivity contribution in [1.29, 1.82) is 0 Å². The van der Waals surface area contributed by atoms with Gasteiger partial charge in [-0.1, -0.05) is 23.7 Å². The Labute approximate surface area is 131 Å². The topological polar surface area (TPSA) is 89.8 Å². The van der Waals surface area contributed by atoms with Crippen LogP contribution in [-0.4, -0.2) is 16.3 Å². The van der Waals surface area contributed by atoms with Crippen LogP contribution in [0.2, 0.25) is 5.02 Å². The SMILES string of the molecule is NC(N)Nc1nc(-c2ccccc2F)c2cc(Cl)ccc2n1. The molecular weight excluding hydrogens is 305 g/mol. The van der Waals surface area contributed by atoms with Gasteiger partial charge < -0.3 is 5.32 Å². The Morgan fingerprint density at radius 2 is 1.86 bits per heavy atom. The van der Waals surface area contributed by atoms with E-state index in [1.807, 2.05) is 0 Å². The fourth-order valence-corrected chi connectivity index (χ4v) is 2.34. The number of nitrogens with two attached hydrogens (primary N) is 2. The molecule has 0 unspecified atom stereocenters. The minimum Gasteiger partial charge on any atom is -0.327 e. The Kier molecular flexibility index (Phi) is 3.89. The summed E-state index contributed by atoms with van der Waals surface area (Å²) in [5, 5.41) is 3.88. The zero-order valence-corrected chi connectivity index (χ0v) is 12.2. The van der Waals surface area contributed by atoms with Gasteiger partial charge in [0.05, 0.1) is 11.2 Å². The molecule has 2 aromatic carbocycles. The first-order valence-corrected chi connectivity index (χ1v) is 6.92. The van der Waals surface area contributed by atoms with Gasteiger partial charge >= 0.3 is 0 Å². The fourth-order valence-electron chi connectivity index (χ4n) is 2.17. The van der Waals surface area contributed by atoms with Crippen molar-refractivity contribution in [3.8, 4) is 11.3 Å². The first kappa shape index (κ1) is 14.6. The molecule has 7 heteroatoms. The summed E-state index contributed by atoms with van der Waals surface area (Å²) < 4.78 is 14.1.